The molecule has 1 heterocycles. The number of carbonyl (C=O) groups is 1. The second-order valence-corrected chi connectivity index (χ2v) is 4.51. The van der Waals surface area contributed by atoms with Crippen LogP contribution < -0.4 is 0 Å². The maximum absolute atomic E-state index is 11.2. The summed E-state index contributed by atoms with van der Waals surface area (Å²) in [4.78, 5) is 13.2. The van der Waals surface area contributed by atoms with E-state index in [9.17, 15) is 9.90 Å². The molecule has 0 spiro atoms. The lowest BCUT2D eigenvalue weighted by Crippen LogP contribution is -2.10. The highest BCUT2D eigenvalue weighted by molar-refractivity contribution is 6.03. The Morgan fingerprint density at radius 1 is 1.41 bits per heavy atom. The Morgan fingerprint density at radius 2 is 2.12 bits per heavy atom. The molecule has 0 saturated carbocycles. The van der Waals surface area contributed by atoms with Gasteiger partial charge in [-0.1, -0.05) is 12.1 Å². The van der Waals surface area contributed by atoms with Gasteiger partial charge >= 0.3 is 5.97 Å². The highest BCUT2D eigenvalue weighted by atomic mass is 16.4. The van der Waals surface area contributed by atoms with Gasteiger partial charge in [-0.2, -0.15) is 0 Å². The van der Waals surface area contributed by atoms with Crippen molar-refractivity contribution >= 4 is 16.9 Å². The average Bonchev–Trinajstić information content (AvgIpc) is 2.55. The number of hydrogen-bond donors (Lipinski definition) is 1. The van der Waals surface area contributed by atoms with Gasteiger partial charge in [0, 0.05) is 25.2 Å². The summed E-state index contributed by atoms with van der Waals surface area (Å²) in [7, 11) is 5.88. The van der Waals surface area contributed by atoms with E-state index in [-0.39, 0.29) is 0 Å². The van der Waals surface area contributed by atoms with Gasteiger partial charge in [-0.3, -0.25) is 0 Å². The summed E-state index contributed by atoms with van der Waals surface area (Å²) in [5.74, 6) is -0.881. The smallest absolute Gasteiger partial charge is 0.337 e. The predicted octanol–water partition coefficient (Wildman–Crippen LogP) is 1.94. The van der Waals surface area contributed by atoms with Gasteiger partial charge in [0.15, 0.2) is 0 Å². The van der Waals surface area contributed by atoms with Crippen LogP contribution in [0.4, 0.5) is 0 Å². The number of aromatic carboxylic acids is 1. The van der Waals surface area contributed by atoms with Gasteiger partial charge in [0.1, 0.15) is 0 Å². The fourth-order valence-electron chi connectivity index (χ4n) is 2.19. The van der Waals surface area contributed by atoms with Gasteiger partial charge in [0.05, 0.1) is 11.1 Å². The SMILES string of the molecule is CN(C)Cc1cn(C)c2c(C(=O)O)cccc12. The lowest BCUT2D eigenvalue weighted by atomic mass is 10.1. The summed E-state index contributed by atoms with van der Waals surface area (Å²) < 4.78 is 1.89. The van der Waals surface area contributed by atoms with Crippen LogP contribution in [0.15, 0.2) is 24.4 Å². The van der Waals surface area contributed by atoms with Crippen LogP contribution in [-0.4, -0.2) is 34.6 Å². The van der Waals surface area contributed by atoms with Crippen molar-refractivity contribution < 1.29 is 9.90 Å². The lowest BCUT2D eigenvalue weighted by molar-refractivity contribution is 0.0698. The Labute approximate surface area is 100 Å². The fraction of sp³-hybridized carbons (Fsp3) is 0.308. The summed E-state index contributed by atoms with van der Waals surface area (Å²) >= 11 is 0. The summed E-state index contributed by atoms with van der Waals surface area (Å²) in [6.07, 6.45) is 2.00. The molecule has 0 aliphatic rings. The molecule has 0 amide bonds. The molecule has 17 heavy (non-hydrogen) atoms. The second-order valence-electron chi connectivity index (χ2n) is 4.51. The van der Waals surface area contributed by atoms with Crippen molar-refractivity contribution in [2.24, 2.45) is 7.05 Å². The third-order valence-electron chi connectivity index (χ3n) is 2.80. The van der Waals surface area contributed by atoms with E-state index in [1.165, 1.54) is 0 Å². The monoisotopic (exact) mass is 232 g/mol. The Morgan fingerprint density at radius 3 is 2.71 bits per heavy atom. The topological polar surface area (TPSA) is 45.5 Å². The minimum Gasteiger partial charge on any atom is -0.478 e. The molecule has 0 fully saturated rings. The van der Waals surface area contributed by atoms with E-state index in [1.807, 2.05) is 38.0 Å². The van der Waals surface area contributed by atoms with Crippen molar-refractivity contribution in [3.63, 3.8) is 0 Å². The predicted molar refractivity (Wildman–Crippen MR) is 67.3 cm³/mol. The van der Waals surface area contributed by atoms with Crippen molar-refractivity contribution in [1.82, 2.24) is 9.47 Å². The molecule has 0 aliphatic heterocycles. The Hall–Kier alpha value is -1.81. The zero-order valence-corrected chi connectivity index (χ0v) is 10.3. The van der Waals surface area contributed by atoms with Crippen LogP contribution >= 0.6 is 0 Å². The minimum atomic E-state index is -0.881. The summed E-state index contributed by atoms with van der Waals surface area (Å²) in [5, 5.41) is 10.2. The molecule has 0 saturated heterocycles. The van der Waals surface area contributed by atoms with Gasteiger partial charge in [0.2, 0.25) is 0 Å². The number of aryl methyl sites for hydroxylation is 1. The van der Waals surface area contributed by atoms with Gasteiger partial charge in [-0.05, 0) is 25.7 Å². The van der Waals surface area contributed by atoms with Crippen LogP contribution in [0.25, 0.3) is 10.9 Å². The van der Waals surface area contributed by atoms with Crippen molar-refractivity contribution in [1.29, 1.82) is 0 Å². The fourth-order valence-corrected chi connectivity index (χ4v) is 2.19. The van der Waals surface area contributed by atoms with Crippen molar-refractivity contribution in [2.45, 2.75) is 6.54 Å². The van der Waals surface area contributed by atoms with Crippen LogP contribution in [0.2, 0.25) is 0 Å². The number of aromatic nitrogens is 1. The number of hydrogen-bond acceptors (Lipinski definition) is 2. The molecule has 2 aromatic rings. The maximum atomic E-state index is 11.2. The third-order valence-corrected chi connectivity index (χ3v) is 2.80. The van der Waals surface area contributed by atoms with E-state index in [4.69, 9.17) is 0 Å². The number of benzene rings is 1. The largest absolute Gasteiger partial charge is 0.478 e. The zero-order valence-electron chi connectivity index (χ0n) is 10.3. The number of rotatable bonds is 3. The molecule has 90 valence electrons. The first-order valence-electron chi connectivity index (χ1n) is 5.45. The summed E-state index contributed by atoms with van der Waals surface area (Å²) in [5.41, 5.74) is 2.29. The molecule has 1 aromatic heterocycles. The first kappa shape index (κ1) is 11.7. The van der Waals surface area contributed by atoms with Crippen molar-refractivity contribution in [3.8, 4) is 0 Å². The highest BCUT2D eigenvalue weighted by Gasteiger charge is 2.14. The Balaban J connectivity index is 2.68. The van der Waals surface area contributed by atoms with E-state index < -0.39 is 5.97 Å². The average molecular weight is 232 g/mol. The molecular weight excluding hydrogens is 216 g/mol. The lowest BCUT2D eigenvalue weighted by Gasteiger charge is -2.07. The van der Waals surface area contributed by atoms with Crippen LogP contribution in [0.3, 0.4) is 0 Å². The van der Waals surface area contributed by atoms with E-state index in [0.717, 1.165) is 23.0 Å². The molecular formula is C13H16N2O2. The highest BCUT2D eigenvalue weighted by Crippen LogP contribution is 2.24. The first-order chi connectivity index (χ1) is 8.00. The van der Waals surface area contributed by atoms with Crippen molar-refractivity contribution in [2.75, 3.05) is 14.1 Å². The molecule has 4 nitrogen and oxygen atoms in total. The van der Waals surface area contributed by atoms with Gasteiger partial charge in [-0.25, -0.2) is 4.79 Å². The quantitative estimate of drug-likeness (QED) is 0.879. The minimum absolute atomic E-state index is 0.356. The number of carboxylic acid groups (broad SMARTS) is 1. The van der Waals surface area contributed by atoms with E-state index in [2.05, 4.69) is 4.90 Å². The van der Waals surface area contributed by atoms with Gasteiger partial charge in [0.25, 0.3) is 0 Å². The molecule has 4 heteroatoms. The van der Waals surface area contributed by atoms with E-state index in [1.54, 1.807) is 12.1 Å². The number of para-hydroxylation sites is 1. The molecule has 1 aromatic carbocycles. The standard InChI is InChI=1S/C13H16N2O2/c1-14(2)7-9-8-15(3)12-10(9)5-4-6-11(12)13(16)17/h4-6,8H,7H2,1-3H3,(H,16,17). The summed E-state index contributed by atoms with van der Waals surface area (Å²) in [6.45, 7) is 0.806. The number of fused-ring (bicyclic) bond motifs is 1. The molecule has 0 radical (unpaired) electrons. The Bertz CT molecular complexity index is 570. The van der Waals surface area contributed by atoms with Crippen LogP contribution in [0, 0.1) is 0 Å². The maximum Gasteiger partial charge on any atom is 0.337 e. The van der Waals surface area contributed by atoms with Crippen LogP contribution in [0.5, 0.6) is 0 Å². The second kappa shape index (κ2) is 4.22. The molecule has 0 bridgehead atoms. The van der Waals surface area contributed by atoms with E-state index in [0.29, 0.717) is 5.56 Å². The van der Waals surface area contributed by atoms with Gasteiger partial charge < -0.3 is 14.6 Å². The molecule has 0 atom stereocenters. The van der Waals surface area contributed by atoms with Gasteiger partial charge in [-0.15, -0.1) is 0 Å². The zero-order chi connectivity index (χ0) is 12.6. The van der Waals surface area contributed by atoms with Crippen LogP contribution in [-0.2, 0) is 13.6 Å². The molecule has 2 rings (SSSR count). The molecule has 1 N–H and O–H groups in total. The Kier molecular flexibility index (Phi) is 2.90. The molecule has 0 unspecified atom stereocenters. The van der Waals surface area contributed by atoms with E-state index >= 15 is 0 Å². The van der Waals surface area contributed by atoms with Crippen molar-refractivity contribution in [3.05, 3.63) is 35.5 Å². The first-order valence-corrected chi connectivity index (χ1v) is 5.45. The van der Waals surface area contributed by atoms with Crippen LogP contribution in [0.1, 0.15) is 15.9 Å². The normalized spacial score (nSPS) is 11.3. The third kappa shape index (κ3) is 2.03. The number of carboxylic acids is 1. The number of nitrogens with zero attached hydrogens (tertiary/aromatic N) is 2. The summed E-state index contributed by atoms with van der Waals surface area (Å²) in [6, 6.07) is 5.41. The molecule has 0 aliphatic carbocycles.